The van der Waals surface area contributed by atoms with E-state index in [1.807, 2.05) is 12.3 Å². The van der Waals surface area contributed by atoms with Crippen molar-refractivity contribution >= 4 is 32.7 Å². The molecule has 2 aromatic rings. The lowest BCUT2D eigenvalue weighted by Gasteiger charge is -2.13. The summed E-state index contributed by atoms with van der Waals surface area (Å²) in [5.74, 6) is 0. The van der Waals surface area contributed by atoms with E-state index in [9.17, 15) is 8.42 Å². The number of benzene rings is 1. The van der Waals surface area contributed by atoms with Crippen LogP contribution in [0.15, 0.2) is 22.4 Å². The second-order valence-electron chi connectivity index (χ2n) is 4.80. The third-order valence-corrected chi connectivity index (χ3v) is 5.07. The van der Waals surface area contributed by atoms with Crippen molar-refractivity contribution < 1.29 is 8.42 Å². The zero-order valence-electron chi connectivity index (χ0n) is 11.9. The summed E-state index contributed by atoms with van der Waals surface area (Å²) < 4.78 is 23.1. The second-order valence-corrected chi connectivity index (χ2v) is 7.27. The standard InChI is InChI=1S/C13H18N4O2S2/c1-8-7-20-13(17-8)3-4-16-11-5-10(14)6-12(9(11)2)21(15,18)19/h5-7,16H,3-4,14H2,1-2H3,(H2,15,18,19). The molecular weight excluding hydrogens is 308 g/mol. The largest absolute Gasteiger partial charge is 0.399 e. The number of hydrogen-bond donors (Lipinski definition) is 3. The average Bonchev–Trinajstić information content (AvgIpc) is 2.77. The van der Waals surface area contributed by atoms with Crippen LogP contribution in [0.5, 0.6) is 0 Å². The Balaban J connectivity index is 2.15. The number of aromatic nitrogens is 1. The zero-order chi connectivity index (χ0) is 15.6. The van der Waals surface area contributed by atoms with Crippen molar-refractivity contribution in [2.45, 2.75) is 25.2 Å². The highest BCUT2D eigenvalue weighted by molar-refractivity contribution is 7.89. The normalized spacial score (nSPS) is 11.6. The van der Waals surface area contributed by atoms with Crippen LogP contribution in [0, 0.1) is 13.8 Å². The molecule has 1 heterocycles. The highest BCUT2D eigenvalue weighted by atomic mass is 32.2. The van der Waals surface area contributed by atoms with Crippen molar-refractivity contribution in [1.29, 1.82) is 0 Å². The Labute approximate surface area is 128 Å². The third kappa shape index (κ3) is 3.93. The molecular formula is C13H18N4O2S2. The van der Waals surface area contributed by atoms with Crippen LogP contribution in [0.1, 0.15) is 16.3 Å². The number of sulfonamides is 1. The Bertz CT molecular complexity index is 754. The van der Waals surface area contributed by atoms with Gasteiger partial charge >= 0.3 is 0 Å². The lowest BCUT2D eigenvalue weighted by Crippen LogP contribution is -2.16. The zero-order valence-corrected chi connectivity index (χ0v) is 13.5. The number of aryl methyl sites for hydroxylation is 1. The van der Waals surface area contributed by atoms with E-state index in [-0.39, 0.29) is 4.90 Å². The van der Waals surface area contributed by atoms with Gasteiger partial charge in [0.15, 0.2) is 0 Å². The van der Waals surface area contributed by atoms with Gasteiger partial charge < -0.3 is 11.1 Å². The maximum absolute atomic E-state index is 11.5. The van der Waals surface area contributed by atoms with Gasteiger partial charge in [-0.2, -0.15) is 0 Å². The fourth-order valence-corrected chi connectivity index (χ4v) is 3.62. The Morgan fingerprint density at radius 2 is 2.05 bits per heavy atom. The summed E-state index contributed by atoms with van der Waals surface area (Å²) in [6.45, 7) is 4.30. The minimum Gasteiger partial charge on any atom is -0.399 e. The summed E-state index contributed by atoms with van der Waals surface area (Å²) >= 11 is 1.61. The smallest absolute Gasteiger partial charge is 0.238 e. The summed E-state index contributed by atoms with van der Waals surface area (Å²) in [4.78, 5) is 4.43. The summed E-state index contributed by atoms with van der Waals surface area (Å²) in [7, 11) is -3.78. The van der Waals surface area contributed by atoms with E-state index in [2.05, 4.69) is 10.3 Å². The van der Waals surface area contributed by atoms with Crippen LogP contribution in [0.3, 0.4) is 0 Å². The number of rotatable bonds is 5. The van der Waals surface area contributed by atoms with E-state index in [0.717, 1.165) is 17.1 Å². The first-order valence-electron chi connectivity index (χ1n) is 6.35. The molecule has 0 atom stereocenters. The van der Waals surface area contributed by atoms with Crippen molar-refractivity contribution in [3.8, 4) is 0 Å². The molecule has 21 heavy (non-hydrogen) atoms. The molecule has 0 aliphatic rings. The van der Waals surface area contributed by atoms with Crippen LogP contribution >= 0.6 is 11.3 Å². The predicted octanol–water partition coefficient (Wildman–Crippen LogP) is 1.64. The number of nitrogen functional groups attached to an aromatic ring is 1. The first kappa shape index (κ1) is 15.7. The fraction of sp³-hybridized carbons (Fsp3) is 0.308. The van der Waals surface area contributed by atoms with Gasteiger partial charge in [-0.15, -0.1) is 11.3 Å². The minimum absolute atomic E-state index is 0.0510. The number of nitrogens with one attached hydrogen (secondary N) is 1. The van der Waals surface area contributed by atoms with Crippen molar-refractivity contribution in [3.05, 3.63) is 33.8 Å². The molecule has 0 unspecified atom stereocenters. The number of thiazole rings is 1. The molecule has 1 aromatic heterocycles. The van der Waals surface area contributed by atoms with E-state index < -0.39 is 10.0 Å². The van der Waals surface area contributed by atoms with Gasteiger partial charge in [0, 0.05) is 35.4 Å². The maximum atomic E-state index is 11.5. The molecule has 0 saturated heterocycles. The van der Waals surface area contributed by atoms with Gasteiger partial charge in [-0.05, 0) is 31.5 Å². The van der Waals surface area contributed by atoms with Crippen molar-refractivity contribution in [1.82, 2.24) is 4.98 Å². The molecule has 6 nitrogen and oxygen atoms in total. The van der Waals surface area contributed by atoms with Gasteiger partial charge in [-0.1, -0.05) is 0 Å². The first-order chi connectivity index (χ1) is 9.77. The van der Waals surface area contributed by atoms with E-state index >= 15 is 0 Å². The molecule has 0 radical (unpaired) electrons. The topological polar surface area (TPSA) is 111 Å². The second kappa shape index (κ2) is 6.00. The van der Waals surface area contributed by atoms with Crippen molar-refractivity contribution in [2.75, 3.05) is 17.6 Å². The van der Waals surface area contributed by atoms with Crippen molar-refractivity contribution in [2.24, 2.45) is 5.14 Å². The lowest BCUT2D eigenvalue weighted by atomic mass is 10.1. The predicted molar refractivity (Wildman–Crippen MR) is 86.0 cm³/mol. The molecule has 5 N–H and O–H groups in total. The molecule has 0 aliphatic carbocycles. The molecule has 0 aliphatic heterocycles. The first-order valence-corrected chi connectivity index (χ1v) is 8.78. The number of nitrogens with zero attached hydrogens (tertiary/aromatic N) is 1. The molecule has 0 amide bonds. The van der Waals surface area contributed by atoms with Gasteiger partial charge in [-0.25, -0.2) is 18.5 Å². The molecule has 2 rings (SSSR count). The highest BCUT2D eigenvalue weighted by Gasteiger charge is 2.15. The van der Waals surface area contributed by atoms with Gasteiger partial charge in [0.2, 0.25) is 10.0 Å². The van der Waals surface area contributed by atoms with Crippen molar-refractivity contribution in [3.63, 3.8) is 0 Å². The highest BCUT2D eigenvalue weighted by Crippen LogP contribution is 2.26. The lowest BCUT2D eigenvalue weighted by molar-refractivity contribution is 0.597. The maximum Gasteiger partial charge on any atom is 0.238 e. The monoisotopic (exact) mass is 326 g/mol. The molecule has 0 spiro atoms. The van der Waals surface area contributed by atoms with Gasteiger partial charge in [-0.3, -0.25) is 0 Å². The Hall–Kier alpha value is -1.64. The van der Waals surface area contributed by atoms with E-state index in [0.29, 0.717) is 23.5 Å². The van der Waals surface area contributed by atoms with Crippen LogP contribution in [-0.2, 0) is 16.4 Å². The number of nitrogens with two attached hydrogens (primary N) is 2. The SMILES string of the molecule is Cc1csc(CCNc2cc(N)cc(S(N)(=O)=O)c2C)n1. The van der Waals surface area contributed by atoms with Gasteiger partial charge in [0.25, 0.3) is 0 Å². The van der Waals surface area contributed by atoms with E-state index in [1.165, 1.54) is 6.07 Å². The average molecular weight is 326 g/mol. The van der Waals surface area contributed by atoms with Crippen LogP contribution in [-0.4, -0.2) is 19.9 Å². The summed E-state index contributed by atoms with van der Waals surface area (Å²) in [5, 5.41) is 11.4. The minimum atomic E-state index is -3.78. The number of hydrogen-bond acceptors (Lipinski definition) is 6. The Morgan fingerprint density at radius 3 is 2.62 bits per heavy atom. The van der Waals surface area contributed by atoms with Crippen LogP contribution < -0.4 is 16.2 Å². The number of anilines is 2. The number of primary sulfonamides is 1. The Morgan fingerprint density at radius 1 is 1.33 bits per heavy atom. The molecule has 114 valence electrons. The van der Waals surface area contributed by atoms with Crippen LogP contribution in [0.25, 0.3) is 0 Å². The summed E-state index contributed by atoms with van der Waals surface area (Å²) in [6.07, 6.45) is 0.761. The molecule has 8 heteroatoms. The van der Waals surface area contributed by atoms with E-state index in [4.69, 9.17) is 10.9 Å². The molecule has 0 fully saturated rings. The van der Waals surface area contributed by atoms with E-state index in [1.54, 1.807) is 24.3 Å². The fourth-order valence-electron chi connectivity index (χ4n) is 2.01. The van der Waals surface area contributed by atoms with Crippen LogP contribution in [0.2, 0.25) is 0 Å². The molecule has 0 saturated carbocycles. The van der Waals surface area contributed by atoms with Gasteiger partial charge in [0.1, 0.15) is 0 Å². The van der Waals surface area contributed by atoms with Gasteiger partial charge in [0.05, 0.1) is 9.90 Å². The summed E-state index contributed by atoms with van der Waals surface area (Å²) in [6, 6.07) is 3.08. The van der Waals surface area contributed by atoms with Crippen LogP contribution in [0.4, 0.5) is 11.4 Å². The Kier molecular flexibility index (Phi) is 4.50. The third-order valence-electron chi connectivity index (χ3n) is 3.01. The molecule has 1 aromatic carbocycles. The quantitative estimate of drug-likeness (QED) is 0.723. The molecule has 0 bridgehead atoms. The summed E-state index contributed by atoms with van der Waals surface area (Å²) in [5.41, 5.74) is 8.35.